The molecule has 0 bridgehead atoms. The molecule has 0 atom stereocenters. The van der Waals surface area contributed by atoms with Crippen LogP contribution >= 0.6 is 23.2 Å². The Kier molecular flexibility index (Phi) is 5.62. The quantitative estimate of drug-likeness (QED) is 0.355. The smallest absolute Gasteiger partial charge is 0.275 e. The molecule has 3 aromatic rings. The molecule has 142 valence electrons. The van der Waals surface area contributed by atoms with Gasteiger partial charge in [-0.2, -0.15) is 5.10 Å². The van der Waals surface area contributed by atoms with Crippen LogP contribution in [0, 0.1) is 10.1 Å². The van der Waals surface area contributed by atoms with Crippen molar-refractivity contribution in [3.8, 4) is 17.1 Å². The van der Waals surface area contributed by atoms with E-state index in [0.29, 0.717) is 27.1 Å². The van der Waals surface area contributed by atoms with Gasteiger partial charge >= 0.3 is 0 Å². The second-order valence-corrected chi connectivity index (χ2v) is 6.30. The molecule has 1 heterocycles. The lowest BCUT2D eigenvalue weighted by molar-refractivity contribution is -0.384. The van der Waals surface area contributed by atoms with E-state index >= 15 is 0 Å². The number of nitro groups is 1. The molecule has 2 aromatic carbocycles. The molecule has 0 fully saturated rings. The number of amides is 1. The first-order chi connectivity index (χ1) is 13.3. The summed E-state index contributed by atoms with van der Waals surface area (Å²) in [5.74, 6) is -0.362. The molecule has 0 aliphatic rings. The third kappa shape index (κ3) is 4.30. The van der Waals surface area contributed by atoms with Crippen molar-refractivity contribution in [2.24, 2.45) is 5.10 Å². The third-order valence-corrected chi connectivity index (χ3v) is 4.36. The molecule has 0 unspecified atom stereocenters. The lowest BCUT2D eigenvalue weighted by Crippen LogP contribution is -2.17. The fourth-order valence-electron chi connectivity index (χ4n) is 2.26. The zero-order chi connectivity index (χ0) is 20.3. The van der Waals surface area contributed by atoms with Crippen molar-refractivity contribution in [2.45, 2.75) is 0 Å². The molecule has 3 rings (SSSR count). The van der Waals surface area contributed by atoms with Gasteiger partial charge in [-0.15, -0.1) is 0 Å². The molecule has 0 spiro atoms. The fourth-order valence-corrected chi connectivity index (χ4v) is 2.56. The van der Waals surface area contributed by atoms with Crippen molar-refractivity contribution in [1.29, 1.82) is 0 Å². The Morgan fingerprint density at radius 3 is 2.64 bits per heavy atom. The number of rotatable bonds is 5. The Morgan fingerprint density at radius 1 is 1.14 bits per heavy atom. The van der Waals surface area contributed by atoms with E-state index in [-0.39, 0.29) is 11.3 Å². The van der Waals surface area contributed by atoms with Crippen molar-refractivity contribution in [2.75, 3.05) is 0 Å². The summed E-state index contributed by atoms with van der Waals surface area (Å²) in [5, 5.41) is 25.0. The van der Waals surface area contributed by atoms with E-state index in [0.717, 1.165) is 18.2 Å². The number of benzene rings is 2. The van der Waals surface area contributed by atoms with E-state index in [1.807, 2.05) is 0 Å². The van der Waals surface area contributed by atoms with Crippen LogP contribution in [0.25, 0.3) is 11.3 Å². The van der Waals surface area contributed by atoms with Crippen molar-refractivity contribution in [1.82, 2.24) is 5.43 Å². The second kappa shape index (κ2) is 8.12. The third-order valence-electron chi connectivity index (χ3n) is 3.62. The van der Waals surface area contributed by atoms with Crippen molar-refractivity contribution in [3.63, 3.8) is 0 Å². The lowest BCUT2D eigenvalue weighted by Gasteiger charge is -2.02. The minimum atomic E-state index is -0.811. The van der Waals surface area contributed by atoms with Gasteiger partial charge in [0.1, 0.15) is 17.3 Å². The zero-order valence-corrected chi connectivity index (χ0v) is 15.4. The van der Waals surface area contributed by atoms with Gasteiger partial charge in [-0.05, 0) is 36.4 Å². The Labute approximate surface area is 168 Å². The Balaban J connectivity index is 1.71. The molecule has 10 heteroatoms. The standard InChI is InChI=1S/C18H11Cl2N3O5/c19-14-4-1-10(7-15(14)20)17-6-3-12(28-17)9-21-22-18(25)13-8-11(23(26)27)2-5-16(13)24/h1-9,24H,(H,22,25)/b21-9-. The molecular formula is C18H11Cl2N3O5. The van der Waals surface area contributed by atoms with E-state index in [1.54, 1.807) is 30.3 Å². The summed E-state index contributed by atoms with van der Waals surface area (Å²) in [7, 11) is 0. The predicted octanol–water partition coefficient (Wildman–Crippen LogP) is 4.63. The number of carbonyl (C=O) groups excluding carboxylic acids is 1. The van der Waals surface area contributed by atoms with Crippen molar-refractivity contribution >= 4 is 41.0 Å². The highest BCUT2D eigenvalue weighted by atomic mass is 35.5. The number of hydrazone groups is 1. The van der Waals surface area contributed by atoms with Crippen LogP contribution in [0.1, 0.15) is 16.1 Å². The zero-order valence-electron chi connectivity index (χ0n) is 13.9. The van der Waals surface area contributed by atoms with Crippen LogP contribution in [0.3, 0.4) is 0 Å². The number of nitrogens with one attached hydrogen (secondary N) is 1. The molecule has 0 aliphatic carbocycles. The number of nitro benzene ring substituents is 1. The van der Waals surface area contributed by atoms with Crippen LogP contribution in [0.15, 0.2) is 58.0 Å². The van der Waals surface area contributed by atoms with Crippen molar-refractivity contribution < 1.29 is 19.2 Å². The monoisotopic (exact) mass is 419 g/mol. The summed E-state index contributed by atoms with van der Waals surface area (Å²) in [5.41, 5.74) is 2.27. The molecule has 8 nitrogen and oxygen atoms in total. The summed E-state index contributed by atoms with van der Waals surface area (Å²) in [6, 6.07) is 11.4. The SMILES string of the molecule is O=C(N/N=C\c1ccc(-c2ccc(Cl)c(Cl)c2)o1)c1cc([N+](=O)[O-])ccc1O. The van der Waals surface area contributed by atoms with Crippen LogP contribution in [-0.2, 0) is 0 Å². The second-order valence-electron chi connectivity index (χ2n) is 5.49. The van der Waals surface area contributed by atoms with Gasteiger partial charge in [0.05, 0.1) is 26.7 Å². The number of hydrogen-bond acceptors (Lipinski definition) is 6. The van der Waals surface area contributed by atoms with Crippen LogP contribution < -0.4 is 5.43 Å². The van der Waals surface area contributed by atoms with Crippen LogP contribution in [0.5, 0.6) is 5.75 Å². The number of phenols is 1. The van der Waals surface area contributed by atoms with Gasteiger partial charge in [-0.25, -0.2) is 5.43 Å². The average Bonchev–Trinajstić information content (AvgIpc) is 3.13. The number of nitrogens with zero attached hydrogens (tertiary/aromatic N) is 2. The lowest BCUT2D eigenvalue weighted by atomic mass is 10.1. The van der Waals surface area contributed by atoms with Gasteiger partial charge in [0.15, 0.2) is 0 Å². The highest BCUT2D eigenvalue weighted by Gasteiger charge is 2.16. The molecule has 0 aliphatic heterocycles. The van der Waals surface area contributed by atoms with Gasteiger partial charge < -0.3 is 9.52 Å². The number of furan rings is 1. The highest BCUT2D eigenvalue weighted by molar-refractivity contribution is 6.42. The normalized spacial score (nSPS) is 10.9. The molecule has 0 saturated carbocycles. The van der Waals surface area contributed by atoms with E-state index in [2.05, 4.69) is 10.5 Å². The van der Waals surface area contributed by atoms with Crippen LogP contribution in [-0.4, -0.2) is 22.2 Å². The molecule has 28 heavy (non-hydrogen) atoms. The minimum absolute atomic E-state index is 0.276. The maximum absolute atomic E-state index is 12.1. The van der Waals surface area contributed by atoms with Gasteiger partial charge in [0.2, 0.25) is 0 Å². The summed E-state index contributed by atoms with van der Waals surface area (Å²) in [6.45, 7) is 0. The maximum Gasteiger partial charge on any atom is 0.275 e. The summed E-state index contributed by atoms with van der Waals surface area (Å²) in [6.07, 6.45) is 1.24. The van der Waals surface area contributed by atoms with Gasteiger partial charge in [-0.3, -0.25) is 14.9 Å². The van der Waals surface area contributed by atoms with Gasteiger partial charge in [0.25, 0.3) is 11.6 Å². The predicted molar refractivity (Wildman–Crippen MR) is 104 cm³/mol. The number of carbonyl (C=O) groups is 1. The highest BCUT2D eigenvalue weighted by Crippen LogP contribution is 2.29. The van der Waals surface area contributed by atoms with Crippen LogP contribution in [0.4, 0.5) is 5.69 Å². The Hall–Kier alpha value is -3.36. The number of non-ortho nitro benzene ring substituents is 1. The van der Waals surface area contributed by atoms with Crippen molar-refractivity contribution in [3.05, 3.63) is 80.0 Å². The molecule has 1 aromatic heterocycles. The largest absolute Gasteiger partial charge is 0.507 e. The molecular weight excluding hydrogens is 409 g/mol. The first-order valence-corrected chi connectivity index (χ1v) is 8.47. The molecule has 1 amide bonds. The summed E-state index contributed by atoms with van der Waals surface area (Å²) >= 11 is 11.9. The van der Waals surface area contributed by atoms with Gasteiger partial charge in [-0.1, -0.05) is 23.2 Å². The average molecular weight is 420 g/mol. The van der Waals surface area contributed by atoms with E-state index in [9.17, 15) is 20.0 Å². The topological polar surface area (TPSA) is 118 Å². The molecule has 2 N–H and O–H groups in total. The Morgan fingerprint density at radius 2 is 1.93 bits per heavy atom. The van der Waals surface area contributed by atoms with E-state index in [1.165, 1.54) is 6.21 Å². The first kappa shape index (κ1) is 19.4. The Bertz CT molecular complexity index is 1090. The number of halogens is 2. The summed E-state index contributed by atoms with van der Waals surface area (Å²) < 4.78 is 5.59. The van der Waals surface area contributed by atoms with E-state index < -0.39 is 16.6 Å². The summed E-state index contributed by atoms with van der Waals surface area (Å²) in [4.78, 5) is 22.2. The maximum atomic E-state index is 12.1. The molecule has 0 radical (unpaired) electrons. The number of hydrogen-bond donors (Lipinski definition) is 2. The number of phenolic OH excluding ortho intramolecular Hbond substituents is 1. The van der Waals surface area contributed by atoms with Crippen LogP contribution in [0.2, 0.25) is 10.0 Å². The fraction of sp³-hybridized carbons (Fsp3) is 0. The minimum Gasteiger partial charge on any atom is -0.507 e. The van der Waals surface area contributed by atoms with E-state index in [4.69, 9.17) is 27.6 Å². The van der Waals surface area contributed by atoms with Gasteiger partial charge in [0, 0.05) is 17.7 Å². The molecule has 0 saturated heterocycles. The first-order valence-electron chi connectivity index (χ1n) is 7.71. The number of aromatic hydroxyl groups is 1.